The second-order valence-corrected chi connectivity index (χ2v) is 6.62. The molecule has 1 fully saturated rings. The predicted molar refractivity (Wildman–Crippen MR) is 116 cm³/mol. The SMILES string of the molecule is CC.N=C(O/C(N)=N/C1N=C(c2ccccc2)c2ccccc2NC1=O)C1(F)CC1. The molecule has 0 saturated heterocycles. The number of nitrogens with two attached hydrogens (primary N) is 1. The predicted octanol–water partition coefficient (Wildman–Crippen LogP) is 3.64. The van der Waals surface area contributed by atoms with Gasteiger partial charge in [0.2, 0.25) is 12.1 Å². The van der Waals surface area contributed by atoms with Gasteiger partial charge in [0.05, 0.1) is 11.4 Å². The number of para-hydroxylation sites is 1. The van der Waals surface area contributed by atoms with Gasteiger partial charge in [0.15, 0.2) is 5.67 Å². The minimum absolute atomic E-state index is 0.217. The molecule has 0 spiro atoms. The summed E-state index contributed by atoms with van der Waals surface area (Å²) >= 11 is 0. The van der Waals surface area contributed by atoms with Gasteiger partial charge < -0.3 is 15.8 Å². The molecule has 1 amide bonds. The number of benzene rings is 2. The lowest BCUT2D eigenvalue weighted by Gasteiger charge is -2.11. The molecule has 0 radical (unpaired) electrons. The highest BCUT2D eigenvalue weighted by molar-refractivity contribution is 6.19. The number of ether oxygens (including phenoxy) is 1. The van der Waals surface area contributed by atoms with E-state index in [0.29, 0.717) is 11.4 Å². The van der Waals surface area contributed by atoms with E-state index in [1.807, 2.05) is 56.3 Å². The molecule has 1 heterocycles. The first-order valence-electron chi connectivity index (χ1n) is 9.79. The Labute approximate surface area is 174 Å². The number of anilines is 1. The molecule has 30 heavy (non-hydrogen) atoms. The molecule has 0 bridgehead atoms. The molecule has 1 aliphatic carbocycles. The lowest BCUT2D eigenvalue weighted by Crippen LogP contribution is -2.31. The Kier molecular flexibility index (Phi) is 6.25. The molecule has 1 atom stereocenters. The van der Waals surface area contributed by atoms with E-state index in [1.54, 1.807) is 12.1 Å². The van der Waals surface area contributed by atoms with Crippen LogP contribution in [0.1, 0.15) is 37.8 Å². The molecule has 1 saturated carbocycles. The van der Waals surface area contributed by atoms with E-state index < -0.39 is 29.7 Å². The fourth-order valence-electron chi connectivity index (χ4n) is 2.84. The van der Waals surface area contributed by atoms with E-state index in [0.717, 1.165) is 11.1 Å². The maximum absolute atomic E-state index is 13.9. The average molecular weight is 409 g/mol. The number of aliphatic imine (C=N–C) groups is 2. The number of nitrogens with zero attached hydrogens (tertiary/aromatic N) is 2. The van der Waals surface area contributed by atoms with Crippen LogP contribution >= 0.6 is 0 Å². The zero-order valence-electron chi connectivity index (χ0n) is 16.9. The van der Waals surface area contributed by atoms with Crippen LogP contribution in [-0.4, -0.2) is 35.4 Å². The van der Waals surface area contributed by atoms with Crippen molar-refractivity contribution in [2.24, 2.45) is 15.7 Å². The van der Waals surface area contributed by atoms with Gasteiger partial charge in [0, 0.05) is 11.1 Å². The van der Waals surface area contributed by atoms with Crippen LogP contribution in [0.15, 0.2) is 64.6 Å². The van der Waals surface area contributed by atoms with Crippen molar-refractivity contribution in [2.45, 2.75) is 38.5 Å². The third-order valence-electron chi connectivity index (χ3n) is 4.53. The molecular formula is C22H24FN5O2. The zero-order chi connectivity index (χ0) is 21.7. The van der Waals surface area contributed by atoms with Gasteiger partial charge in [0.25, 0.3) is 11.9 Å². The molecule has 1 aliphatic heterocycles. The number of amidine groups is 1. The second kappa shape index (κ2) is 8.86. The van der Waals surface area contributed by atoms with Crippen LogP contribution in [-0.2, 0) is 9.53 Å². The minimum atomic E-state index is -1.78. The number of halogens is 1. The van der Waals surface area contributed by atoms with Gasteiger partial charge in [-0.3, -0.25) is 10.2 Å². The molecular weight excluding hydrogens is 385 g/mol. The van der Waals surface area contributed by atoms with E-state index in [-0.39, 0.29) is 12.8 Å². The van der Waals surface area contributed by atoms with Gasteiger partial charge in [-0.1, -0.05) is 62.4 Å². The molecule has 2 aliphatic rings. The molecule has 0 aromatic heterocycles. The summed E-state index contributed by atoms with van der Waals surface area (Å²) in [5, 5.41) is 10.4. The van der Waals surface area contributed by atoms with Crippen molar-refractivity contribution in [2.75, 3.05) is 5.32 Å². The Morgan fingerprint density at radius 1 is 1.20 bits per heavy atom. The number of nitrogens with one attached hydrogen (secondary N) is 2. The van der Waals surface area contributed by atoms with Crippen LogP contribution in [0.5, 0.6) is 0 Å². The van der Waals surface area contributed by atoms with Crippen molar-refractivity contribution >= 4 is 29.2 Å². The normalized spacial score (nSPS) is 19.2. The first kappa shape index (κ1) is 21.2. The third kappa shape index (κ3) is 4.53. The van der Waals surface area contributed by atoms with Crippen molar-refractivity contribution in [1.29, 1.82) is 5.41 Å². The van der Waals surface area contributed by atoms with Crippen LogP contribution in [0.25, 0.3) is 0 Å². The number of alkyl halides is 1. The lowest BCUT2D eigenvalue weighted by atomic mass is 10.0. The summed E-state index contributed by atoms with van der Waals surface area (Å²) in [5.74, 6) is -1.10. The maximum Gasteiger partial charge on any atom is 0.291 e. The first-order chi connectivity index (χ1) is 14.5. The Morgan fingerprint density at radius 3 is 2.50 bits per heavy atom. The smallest absolute Gasteiger partial charge is 0.291 e. The van der Waals surface area contributed by atoms with E-state index in [4.69, 9.17) is 15.9 Å². The summed E-state index contributed by atoms with van der Waals surface area (Å²) in [6.07, 6.45) is -0.798. The van der Waals surface area contributed by atoms with Crippen molar-refractivity contribution < 1.29 is 13.9 Å². The average Bonchev–Trinajstić information content (AvgIpc) is 3.54. The van der Waals surface area contributed by atoms with Crippen LogP contribution < -0.4 is 11.1 Å². The number of hydrogen-bond acceptors (Lipinski definition) is 5. The first-order valence-corrected chi connectivity index (χ1v) is 9.79. The van der Waals surface area contributed by atoms with Gasteiger partial charge in [-0.05, 0) is 18.9 Å². The monoisotopic (exact) mass is 409 g/mol. The molecule has 2 aromatic rings. The number of carbonyl (C=O) groups excluding carboxylic acids is 1. The standard InChI is InChI=1S/C20H18FN5O2.C2H6/c21-20(10-11-20)18(22)28-19(23)26-16-17(27)24-14-9-5-4-8-13(14)15(25-16)12-6-2-1-3-7-12;1-2/h1-9,16,22H,10-11H2,(H2,23,26)(H,24,27);1-2H3. The highest BCUT2D eigenvalue weighted by Gasteiger charge is 2.50. The van der Waals surface area contributed by atoms with Crippen molar-refractivity contribution in [3.63, 3.8) is 0 Å². The molecule has 7 nitrogen and oxygen atoms in total. The number of carbonyl (C=O) groups is 1. The number of hydrogen-bond donors (Lipinski definition) is 3. The summed E-state index contributed by atoms with van der Waals surface area (Å²) in [7, 11) is 0. The van der Waals surface area contributed by atoms with E-state index in [1.165, 1.54) is 0 Å². The highest BCUT2D eigenvalue weighted by Crippen LogP contribution is 2.41. The number of rotatable bonds is 3. The minimum Gasteiger partial charge on any atom is -0.408 e. The van der Waals surface area contributed by atoms with Crippen molar-refractivity contribution in [3.05, 3.63) is 65.7 Å². The molecule has 2 aromatic carbocycles. The zero-order valence-corrected chi connectivity index (χ0v) is 16.9. The Bertz CT molecular complexity index is 1000. The van der Waals surface area contributed by atoms with E-state index in [2.05, 4.69) is 15.3 Å². The number of fused-ring (bicyclic) bond motifs is 1. The van der Waals surface area contributed by atoms with E-state index >= 15 is 0 Å². The van der Waals surface area contributed by atoms with Gasteiger partial charge >= 0.3 is 0 Å². The summed E-state index contributed by atoms with van der Waals surface area (Å²) in [5.41, 5.74) is 6.64. The Balaban J connectivity index is 0.00000124. The number of amides is 1. The van der Waals surface area contributed by atoms with Crippen molar-refractivity contribution in [3.8, 4) is 0 Å². The fourth-order valence-corrected chi connectivity index (χ4v) is 2.84. The second-order valence-electron chi connectivity index (χ2n) is 6.62. The molecule has 1 unspecified atom stereocenters. The highest BCUT2D eigenvalue weighted by atomic mass is 19.1. The third-order valence-corrected chi connectivity index (χ3v) is 4.53. The quantitative estimate of drug-likeness (QED) is 0.531. The molecule has 8 heteroatoms. The van der Waals surface area contributed by atoms with E-state index in [9.17, 15) is 9.18 Å². The summed E-state index contributed by atoms with van der Waals surface area (Å²) in [6.45, 7) is 4.00. The molecule has 4 rings (SSSR count). The molecule has 156 valence electrons. The summed E-state index contributed by atoms with van der Waals surface area (Å²) < 4.78 is 18.8. The van der Waals surface area contributed by atoms with Crippen LogP contribution in [0.2, 0.25) is 0 Å². The summed E-state index contributed by atoms with van der Waals surface area (Å²) in [6, 6.07) is 16.2. The lowest BCUT2D eigenvalue weighted by molar-refractivity contribution is -0.117. The summed E-state index contributed by atoms with van der Waals surface area (Å²) in [4.78, 5) is 21.1. The maximum atomic E-state index is 13.9. The Hall–Kier alpha value is -3.55. The Morgan fingerprint density at radius 2 is 1.83 bits per heavy atom. The molecule has 4 N–H and O–H groups in total. The van der Waals surface area contributed by atoms with Crippen molar-refractivity contribution in [1.82, 2.24) is 0 Å². The van der Waals surface area contributed by atoms with Gasteiger partial charge in [-0.15, -0.1) is 0 Å². The van der Waals surface area contributed by atoms with Crippen LogP contribution in [0.4, 0.5) is 10.1 Å². The fraction of sp³-hybridized carbons (Fsp3) is 0.273. The van der Waals surface area contributed by atoms with Gasteiger partial charge in [-0.2, -0.15) is 4.99 Å². The van der Waals surface area contributed by atoms with Crippen LogP contribution in [0.3, 0.4) is 0 Å². The largest absolute Gasteiger partial charge is 0.408 e. The number of benzodiazepines with no additional fused rings is 1. The van der Waals surface area contributed by atoms with Gasteiger partial charge in [0.1, 0.15) is 0 Å². The van der Waals surface area contributed by atoms with Gasteiger partial charge in [-0.25, -0.2) is 9.38 Å². The topological polar surface area (TPSA) is 113 Å². The van der Waals surface area contributed by atoms with Crippen LogP contribution in [0, 0.1) is 5.41 Å².